The summed E-state index contributed by atoms with van der Waals surface area (Å²) in [6.07, 6.45) is -2.69. The van der Waals surface area contributed by atoms with Gasteiger partial charge in [0.1, 0.15) is 5.75 Å². The summed E-state index contributed by atoms with van der Waals surface area (Å²) in [7, 11) is -4.15. The van der Waals surface area contributed by atoms with Gasteiger partial charge < -0.3 is 9.47 Å². The molecule has 32 heavy (non-hydrogen) atoms. The molecule has 3 rings (SSSR count). The zero-order valence-corrected chi connectivity index (χ0v) is 18.5. The minimum atomic E-state index is -4.45. The van der Waals surface area contributed by atoms with Crippen LogP contribution in [0.3, 0.4) is 0 Å². The molecule has 0 unspecified atom stereocenters. The first-order chi connectivity index (χ1) is 15.0. The van der Waals surface area contributed by atoms with Crippen molar-refractivity contribution < 1.29 is 41.1 Å². The number of sulfonamides is 1. The van der Waals surface area contributed by atoms with Crippen molar-refractivity contribution >= 4 is 27.7 Å². The quantitative estimate of drug-likeness (QED) is 0.362. The standard InChI is InChI=1S/C18H23ClF3N3O6S/c19-25(27)16(26)17(5-9-30-10-6-17)32(28,29)24-7-3-13(4-8-24)15-2-1-14(11-23-15)31-12-18(20,21)22/h1-2,11,13,27H,3-10,12H2. The Morgan fingerprint density at radius 1 is 1.31 bits per heavy atom. The normalized spacial score (nSPS) is 20.7. The van der Waals surface area contributed by atoms with Crippen LogP contribution < -0.4 is 4.74 Å². The first-order valence-corrected chi connectivity index (χ1v) is 11.7. The number of carbonyl (C=O) groups excluding carboxylic acids is 1. The van der Waals surface area contributed by atoms with E-state index in [1.807, 2.05) is 0 Å². The van der Waals surface area contributed by atoms with Crippen LogP contribution in [0.1, 0.15) is 37.3 Å². The number of rotatable bonds is 6. The van der Waals surface area contributed by atoms with Crippen LogP contribution in [-0.4, -0.2) is 77.2 Å². The molecule has 0 bridgehead atoms. The molecule has 180 valence electrons. The molecule has 0 saturated carbocycles. The molecule has 0 spiro atoms. The number of ether oxygens (including phenoxy) is 2. The molecule has 2 aliphatic heterocycles. The van der Waals surface area contributed by atoms with Gasteiger partial charge in [-0.3, -0.25) is 15.0 Å². The summed E-state index contributed by atoms with van der Waals surface area (Å²) >= 11 is 5.39. The molecule has 1 N–H and O–H groups in total. The molecule has 0 aliphatic carbocycles. The van der Waals surface area contributed by atoms with Gasteiger partial charge in [-0.2, -0.15) is 13.2 Å². The molecule has 1 amide bonds. The molecule has 0 atom stereocenters. The van der Waals surface area contributed by atoms with E-state index in [2.05, 4.69) is 9.72 Å². The largest absolute Gasteiger partial charge is 0.483 e. The molecule has 14 heteroatoms. The maximum absolute atomic E-state index is 13.4. The highest BCUT2D eigenvalue weighted by Crippen LogP contribution is 2.38. The summed E-state index contributed by atoms with van der Waals surface area (Å²) in [6.45, 7) is -1.10. The van der Waals surface area contributed by atoms with Gasteiger partial charge in [0.05, 0.1) is 6.20 Å². The fraction of sp³-hybridized carbons (Fsp3) is 0.667. The van der Waals surface area contributed by atoms with Crippen LogP contribution in [0.25, 0.3) is 0 Å². The van der Waals surface area contributed by atoms with Crippen LogP contribution in [0.4, 0.5) is 13.2 Å². The lowest BCUT2D eigenvalue weighted by atomic mass is 9.94. The highest BCUT2D eigenvalue weighted by atomic mass is 35.5. The number of halogens is 4. The maximum atomic E-state index is 13.4. The lowest BCUT2D eigenvalue weighted by Gasteiger charge is -2.41. The van der Waals surface area contributed by atoms with Crippen LogP contribution in [0, 0.1) is 0 Å². The Balaban J connectivity index is 1.67. The van der Waals surface area contributed by atoms with E-state index >= 15 is 0 Å². The number of pyridine rings is 1. The Bertz CT molecular complexity index is 900. The molecule has 1 aromatic heterocycles. The van der Waals surface area contributed by atoms with E-state index in [0.717, 1.165) is 0 Å². The Morgan fingerprint density at radius 3 is 2.44 bits per heavy atom. The second kappa shape index (κ2) is 9.67. The van der Waals surface area contributed by atoms with Crippen LogP contribution in [-0.2, 0) is 19.6 Å². The smallest absolute Gasteiger partial charge is 0.422 e. The van der Waals surface area contributed by atoms with Crippen LogP contribution in [0.5, 0.6) is 5.75 Å². The average Bonchev–Trinajstić information content (AvgIpc) is 2.77. The van der Waals surface area contributed by atoms with Gasteiger partial charge in [0.25, 0.3) is 5.91 Å². The lowest BCUT2D eigenvalue weighted by molar-refractivity contribution is -0.153. The van der Waals surface area contributed by atoms with Crippen LogP contribution in [0.15, 0.2) is 18.3 Å². The van der Waals surface area contributed by atoms with Gasteiger partial charge >= 0.3 is 6.18 Å². The molecule has 0 aromatic carbocycles. The van der Waals surface area contributed by atoms with E-state index in [1.54, 1.807) is 6.07 Å². The molecule has 9 nitrogen and oxygen atoms in total. The third kappa shape index (κ3) is 5.28. The number of carbonyl (C=O) groups is 1. The topological polar surface area (TPSA) is 109 Å². The van der Waals surface area contributed by atoms with Crippen LogP contribution in [0.2, 0.25) is 0 Å². The highest BCUT2D eigenvalue weighted by Gasteiger charge is 2.56. The van der Waals surface area contributed by atoms with E-state index in [9.17, 15) is 31.6 Å². The van der Waals surface area contributed by atoms with Gasteiger partial charge in [0.2, 0.25) is 10.0 Å². The molecule has 3 heterocycles. The Labute approximate surface area is 188 Å². The predicted octanol–water partition coefficient (Wildman–Crippen LogP) is 2.45. The van der Waals surface area contributed by atoms with E-state index in [-0.39, 0.29) is 55.4 Å². The number of nitrogens with zero attached hydrogens (tertiary/aromatic N) is 3. The van der Waals surface area contributed by atoms with Gasteiger partial charge in [-0.15, -0.1) is 4.58 Å². The number of hydrogen-bond acceptors (Lipinski definition) is 7. The van der Waals surface area contributed by atoms with E-state index in [1.165, 1.54) is 16.6 Å². The van der Waals surface area contributed by atoms with Crippen molar-refractivity contribution in [3.8, 4) is 5.75 Å². The summed E-state index contributed by atoms with van der Waals surface area (Å²) in [6, 6.07) is 2.95. The highest BCUT2D eigenvalue weighted by molar-refractivity contribution is 7.91. The summed E-state index contributed by atoms with van der Waals surface area (Å²) in [5.74, 6) is -1.23. The van der Waals surface area contributed by atoms with Gasteiger partial charge in [-0.05, 0) is 25.0 Å². The summed E-state index contributed by atoms with van der Waals surface area (Å²) < 4.78 is 72.5. The number of alkyl halides is 3. The zero-order valence-electron chi connectivity index (χ0n) is 16.9. The van der Waals surface area contributed by atoms with E-state index < -0.39 is 33.5 Å². The average molecular weight is 502 g/mol. The van der Waals surface area contributed by atoms with Crippen molar-refractivity contribution in [3.63, 3.8) is 0 Å². The summed E-state index contributed by atoms with van der Waals surface area (Å²) in [4.78, 5) is 16.7. The Morgan fingerprint density at radius 2 is 1.94 bits per heavy atom. The monoisotopic (exact) mass is 501 g/mol. The Kier molecular flexibility index (Phi) is 7.55. The number of hydroxylamine groups is 1. The van der Waals surface area contributed by atoms with Crippen molar-refractivity contribution in [1.29, 1.82) is 0 Å². The Hall–Kier alpha value is -1.67. The fourth-order valence-corrected chi connectivity index (χ4v) is 6.36. The maximum Gasteiger partial charge on any atom is 0.422 e. The predicted molar refractivity (Wildman–Crippen MR) is 106 cm³/mol. The lowest BCUT2D eigenvalue weighted by Crippen LogP contribution is -2.59. The number of amides is 1. The molecule has 2 saturated heterocycles. The fourth-order valence-electron chi connectivity index (χ4n) is 3.97. The van der Waals surface area contributed by atoms with Crippen molar-refractivity contribution in [1.82, 2.24) is 13.9 Å². The third-order valence-electron chi connectivity index (χ3n) is 5.73. The van der Waals surface area contributed by atoms with Crippen molar-refractivity contribution in [3.05, 3.63) is 24.0 Å². The minimum absolute atomic E-state index is 0.0132. The molecular weight excluding hydrogens is 479 g/mol. The van der Waals surface area contributed by atoms with E-state index in [4.69, 9.17) is 16.5 Å². The van der Waals surface area contributed by atoms with Crippen LogP contribution >= 0.6 is 11.8 Å². The van der Waals surface area contributed by atoms with Gasteiger partial charge in [0.15, 0.2) is 11.4 Å². The SMILES string of the molecule is O=C(N(O)Cl)C1(S(=O)(=O)N2CCC(c3ccc(OCC(F)(F)F)cn3)CC2)CCOCC1. The molecule has 1 aromatic rings. The summed E-state index contributed by atoms with van der Waals surface area (Å²) in [5, 5.41) is 9.44. The molecule has 2 fully saturated rings. The van der Waals surface area contributed by atoms with Gasteiger partial charge in [0, 0.05) is 62.5 Å². The van der Waals surface area contributed by atoms with E-state index in [0.29, 0.717) is 18.5 Å². The van der Waals surface area contributed by atoms with Crippen molar-refractivity contribution in [2.75, 3.05) is 32.9 Å². The third-order valence-corrected chi connectivity index (χ3v) is 8.49. The van der Waals surface area contributed by atoms with Crippen molar-refractivity contribution in [2.45, 2.75) is 42.5 Å². The number of hydrogen-bond donors (Lipinski definition) is 1. The zero-order chi connectivity index (χ0) is 23.6. The molecule has 0 radical (unpaired) electrons. The second-order valence-electron chi connectivity index (χ2n) is 7.67. The van der Waals surface area contributed by atoms with Crippen molar-refractivity contribution in [2.24, 2.45) is 0 Å². The number of aromatic nitrogens is 1. The summed E-state index contributed by atoms with van der Waals surface area (Å²) in [5.41, 5.74) is 0.612. The molecular formula is C18H23ClF3N3O6S. The molecule has 2 aliphatic rings. The second-order valence-corrected chi connectivity index (χ2v) is 10.2. The number of piperidine rings is 1. The minimum Gasteiger partial charge on any atom is -0.483 e. The first kappa shape index (κ1) is 25.0. The van der Waals surface area contributed by atoms with Gasteiger partial charge in [-0.25, -0.2) is 12.7 Å². The van der Waals surface area contributed by atoms with Gasteiger partial charge in [-0.1, -0.05) is 0 Å². The first-order valence-electron chi connectivity index (χ1n) is 9.88.